The van der Waals surface area contributed by atoms with Crippen molar-refractivity contribution in [1.82, 2.24) is 10.2 Å². The third-order valence-corrected chi connectivity index (χ3v) is 2.47. The normalized spacial score (nSPS) is 18.3. The molecule has 1 unspecified atom stereocenters. The van der Waals surface area contributed by atoms with Gasteiger partial charge in [0.1, 0.15) is 6.04 Å². The van der Waals surface area contributed by atoms with Crippen molar-refractivity contribution in [2.75, 3.05) is 13.1 Å². The van der Waals surface area contributed by atoms with Gasteiger partial charge in [-0.1, -0.05) is 13.8 Å². The summed E-state index contributed by atoms with van der Waals surface area (Å²) in [5.74, 6) is 1.08. The van der Waals surface area contributed by atoms with Crippen molar-refractivity contribution in [2.24, 2.45) is 5.92 Å². The molecule has 2 N–H and O–H groups in total. The van der Waals surface area contributed by atoms with Crippen molar-refractivity contribution in [2.45, 2.75) is 26.3 Å². The fraction of sp³-hybridized carbons (Fsp3) is 0.700. The molecular weight excluding hydrogens is 196 g/mol. The quantitative estimate of drug-likeness (QED) is 0.648. The lowest BCUT2D eigenvalue weighted by molar-refractivity contribution is -0.144. The van der Waals surface area contributed by atoms with Gasteiger partial charge in [0.25, 0.3) is 0 Å². The summed E-state index contributed by atoms with van der Waals surface area (Å²) in [4.78, 5) is 23.3. The van der Waals surface area contributed by atoms with Gasteiger partial charge in [-0.15, -0.1) is 0 Å². The fourth-order valence-electron chi connectivity index (χ4n) is 1.82. The summed E-state index contributed by atoms with van der Waals surface area (Å²) in [7, 11) is 0. The standard InChI is InChI=1S/C10H16N2O3/c1-7(2)9(10(14)15)12-5-3-4-11-8(12)6-13/h7,9,11H,3-5H2,1-2H3,(H,14,15). The van der Waals surface area contributed by atoms with Crippen LogP contribution >= 0.6 is 0 Å². The number of carbonyl (C=O) groups is 1. The maximum Gasteiger partial charge on any atom is 0.326 e. The Balaban J connectivity index is 2.90. The summed E-state index contributed by atoms with van der Waals surface area (Å²) in [5.41, 5.74) is 0. The smallest absolute Gasteiger partial charge is 0.326 e. The first-order chi connectivity index (χ1) is 7.07. The topological polar surface area (TPSA) is 69.6 Å². The zero-order valence-electron chi connectivity index (χ0n) is 8.99. The molecule has 1 saturated heterocycles. The van der Waals surface area contributed by atoms with Crippen LogP contribution in [0.1, 0.15) is 20.3 Å². The Morgan fingerprint density at radius 3 is 2.73 bits per heavy atom. The third-order valence-electron chi connectivity index (χ3n) is 2.47. The first kappa shape index (κ1) is 11.6. The largest absolute Gasteiger partial charge is 0.480 e. The minimum Gasteiger partial charge on any atom is -0.480 e. The zero-order valence-corrected chi connectivity index (χ0v) is 8.99. The van der Waals surface area contributed by atoms with Crippen LogP contribution in [0.2, 0.25) is 0 Å². The molecule has 1 aliphatic heterocycles. The van der Waals surface area contributed by atoms with Crippen LogP contribution in [-0.2, 0) is 9.59 Å². The number of aliphatic carboxylic acids is 1. The van der Waals surface area contributed by atoms with Gasteiger partial charge in [0.15, 0.2) is 11.8 Å². The van der Waals surface area contributed by atoms with Crippen LogP contribution in [0.25, 0.3) is 0 Å². The Morgan fingerprint density at radius 2 is 2.27 bits per heavy atom. The molecule has 0 amide bonds. The number of nitrogens with one attached hydrogen (secondary N) is 1. The molecule has 1 rings (SSSR count). The van der Waals surface area contributed by atoms with Crippen LogP contribution in [0.5, 0.6) is 0 Å². The van der Waals surface area contributed by atoms with Crippen LogP contribution in [0.4, 0.5) is 0 Å². The molecule has 0 aromatic carbocycles. The monoisotopic (exact) mass is 212 g/mol. The van der Waals surface area contributed by atoms with Gasteiger partial charge in [-0.25, -0.2) is 9.59 Å². The number of carbonyl (C=O) groups excluding carboxylic acids is 1. The van der Waals surface area contributed by atoms with E-state index in [-0.39, 0.29) is 11.7 Å². The lowest BCUT2D eigenvalue weighted by Gasteiger charge is -2.36. The van der Waals surface area contributed by atoms with E-state index in [1.165, 1.54) is 0 Å². The van der Waals surface area contributed by atoms with Crippen LogP contribution in [0.3, 0.4) is 0 Å². The molecular formula is C10H16N2O3. The molecule has 5 nitrogen and oxygen atoms in total. The summed E-state index contributed by atoms with van der Waals surface area (Å²) in [6.45, 7) is 4.95. The predicted octanol–water partition coefficient (Wildman–Crippen LogP) is 0.0639. The van der Waals surface area contributed by atoms with E-state index in [0.29, 0.717) is 13.1 Å². The van der Waals surface area contributed by atoms with Crippen molar-refractivity contribution < 1.29 is 14.7 Å². The van der Waals surface area contributed by atoms with Gasteiger partial charge >= 0.3 is 5.97 Å². The van der Waals surface area contributed by atoms with Crippen LogP contribution < -0.4 is 5.32 Å². The van der Waals surface area contributed by atoms with E-state index in [2.05, 4.69) is 5.32 Å². The maximum atomic E-state index is 11.1. The minimum absolute atomic E-state index is 0.0502. The molecule has 0 aliphatic carbocycles. The van der Waals surface area contributed by atoms with Gasteiger partial charge in [-0.3, -0.25) is 0 Å². The highest BCUT2D eigenvalue weighted by atomic mass is 16.4. The Labute approximate surface area is 88.8 Å². The van der Waals surface area contributed by atoms with E-state index in [9.17, 15) is 9.59 Å². The Kier molecular flexibility index (Phi) is 3.74. The lowest BCUT2D eigenvalue weighted by Crippen LogP contribution is -2.51. The molecule has 0 spiro atoms. The molecule has 84 valence electrons. The first-order valence-electron chi connectivity index (χ1n) is 5.06. The molecule has 1 fully saturated rings. The van der Waals surface area contributed by atoms with Gasteiger partial charge < -0.3 is 15.3 Å². The van der Waals surface area contributed by atoms with Crippen molar-refractivity contribution in [3.05, 3.63) is 5.82 Å². The summed E-state index contributed by atoms with van der Waals surface area (Å²) in [5, 5.41) is 12.0. The van der Waals surface area contributed by atoms with E-state index in [1.807, 2.05) is 13.8 Å². The second kappa shape index (κ2) is 4.84. The van der Waals surface area contributed by atoms with Crippen molar-refractivity contribution >= 4 is 11.9 Å². The van der Waals surface area contributed by atoms with E-state index in [4.69, 9.17) is 5.11 Å². The number of rotatable bonds is 3. The van der Waals surface area contributed by atoms with Gasteiger partial charge in [0.05, 0.1) is 0 Å². The van der Waals surface area contributed by atoms with Gasteiger partial charge in [0, 0.05) is 13.1 Å². The van der Waals surface area contributed by atoms with E-state index in [0.717, 1.165) is 6.42 Å². The van der Waals surface area contributed by atoms with Crippen LogP contribution in [0.15, 0.2) is 5.82 Å². The van der Waals surface area contributed by atoms with Crippen molar-refractivity contribution in [3.8, 4) is 0 Å². The van der Waals surface area contributed by atoms with E-state index < -0.39 is 12.0 Å². The third kappa shape index (κ3) is 2.50. The highest BCUT2D eigenvalue weighted by Gasteiger charge is 2.32. The second-order valence-corrected chi connectivity index (χ2v) is 3.95. The summed E-state index contributed by atoms with van der Waals surface area (Å²) < 4.78 is 0. The number of carboxylic acids is 1. The number of carboxylic acid groups (broad SMARTS) is 1. The van der Waals surface area contributed by atoms with E-state index >= 15 is 0 Å². The molecule has 0 radical (unpaired) electrons. The van der Waals surface area contributed by atoms with Crippen LogP contribution in [-0.4, -0.2) is 41.0 Å². The first-order valence-corrected chi connectivity index (χ1v) is 5.06. The molecule has 1 atom stereocenters. The molecule has 0 aromatic heterocycles. The average Bonchev–Trinajstić information content (AvgIpc) is 2.17. The molecule has 15 heavy (non-hydrogen) atoms. The second-order valence-electron chi connectivity index (χ2n) is 3.95. The molecule has 0 bridgehead atoms. The van der Waals surface area contributed by atoms with Gasteiger partial charge in [0.2, 0.25) is 0 Å². The molecule has 0 saturated carbocycles. The Morgan fingerprint density at radius 1 is 1.60 bits per heavy atom. The average molecular weight is 212 g/mol. The van der Waals surface area contributed by atoms with Crippen molar-refractivity contribution in [3.63, 3.8) is 0 Å². The number of hydrogen-bond donors (Lipinski definition) is 2. The Bertz CT molecular complexity index is 295. The molecule has 5 heteroatoms. The van der Waals surface area contributed by atoms with Gasteiger partial charge in [-0.05, 0) is 12.3 Å². The summed E-state index contributed by atoms with van der Waals surface area (Å²) in [6, 6.07) is -0.658. The maximum absolute atomic E-state index is 11.1. The van der Waals surface area contributed by atoms with E-state index in [1.54, 1.807) is 10.8 Å². The SMILES string of the molecule is CC(C)C(C(=O)O)N1CCCNC1=C=O. The summed E-state index contributed by atoms with van der Waals surface area (Å²) >= 11 is 0. The van der Waals surface area contributed by atoms with Crippen LogP contribution in [0, 0.1) is 5.92 Å². The zero-order chi connectivity index (χ0) is 11.4. The Hall–Kier alpha value is -1.48. The molecule has 0 aromatic rings. The van der Waals surface area contributed by atoms with Gasteiger partial charge in [-0.2, -0.15) is 0 Å². The highest BCUT2D eigenvalue weighted by molar-refractivity contribution is 5.74. The fourth-order valence-corrected chi connectivity index (χ4v) is 1.82. The minimum atomic E-state index is -0.901. The number of hydrogen-bond acceptors (Lipinski definition) is 4. The number of nitrogens with zero attached hydrogens (tertiary/aromatic N) is 1. The lowest BCUT2D eigenvalue weighted by atomic mass is 10.0. The summed E-state index contributed by atoms with van der Waals surface area (Å²) in [6.07, 6.45) is 0.835. The molecule has 1 aliphatic rings. The highest BCUT2D eigenvalue weighted by Crippen LogP contribution is 2.17. The predicted molar refractivity (Wildman–Crippen MR) is 54.8 cm³/mol. The van der Waals surface area contributed by atoms with Crippen molar-refractivity contribution in [1.29, 1.82) is 0 Å². The molecule has 1 heterocycles.